The van der Waals surface area contributed by atoms with Crippen LogP contribution in [0.2, 0.25) is 10.0 Å². The Morgan fingerprint density at radius 3 is 2.34 bits per heavy atom. The zero-order chi connectivity index (χ0) is 21.0. The molecule has 0 unspecified atom stereocenters. The van der Waals surface area contributed by atoms with Crippen molar-refractivity contribution in [3.05, 3.63) is 52.6 Å². The molecule has 0 spiro atoms. The number of anilines is 3. The monoisotopic (exact) mass is 433 g/mol. The smallest absolute Gasteiger partial charge is 0.225 e. The molecule has 152 valence electrons. The Morgan fingerprint density at radius 2 is 1.76 bits per heavy atom. The van der Waals surface area contributed by atoms with Crippen LogP contribution in [0, 0.1) is 5.92 Å². The lowest BCUT2D eigenvalue weighted by Gasteiger charge is -2.20. The largest absolute Gasteiger partial charge is 0.505 e. The Balaban J connectivity index is 2.00. The van der Waals surface area contributed by atoms with E-state index in [-0.39, 0.29) is 34.4 Å². The van der Waals surface area contributed by atoms with Crippen LogP contribution < -0.4 is 10.6 Å². The third-order valence-corrected chi connectivity index (χ3v) is 4.83. The first-order valence-corrected chi connectivity index (χ1v) is 9.76. The lowest BCUT2D eigenvalue weighted by Crippen LogP contribution is -2.30. The van der Waals surface area contributed by atoms with Crippen molar-refractivity contribution < 1.29 is 10.2 Å². The molecule has 7 nitrogen and oxygen atoms in total. The molecule has 0 fully saturated rings. The lowest BCUT2D eigenvalue weighted by atomic mass is 10.1. The summed E-state index contributed by atoms with van der Waals surface area (Å²) in [5.41, 5.74) is 1.83. The molecule has 0 radical (unpaired) electrons. The van der Waals surface area contributed by atoms with Crippen molar-refractivity contribution in [2.45, 2.75) is 19.9 Å². The molecular weight excluding hydrogens is 413 g/mol. The van der Waals surface area contributed by atoms with Gasteiger partial charge in [0.25, 0.3) is 0 Å². The van der Waals surface area contributed by atoms with Crippen LogP contribution in [0.1, 0.15) is 13.8 Å². The van der Waals surface area contributed by atoms with Crippen LogP contribution >= 0.6 is 23.2 Å². The number of rotatable bonds is 7. The Labute approximate surface area is 178 Å². The number of nitrogens with one attached hydrogen (secondary N) is 2. The number of aliphatic hydroxyl groups is 1. The number of hydrogen-bond acceptors (Lipinski definition) is 7. The van der Waals surface area contributed by atoms with Crippen molar-refractivity contribution in [1.29, 1.82) is 0 Å². The molecule has 4 N–H and O–H groups in total. The SMILES string of the molecule is CC(C)[C@@H](CO)Nc1nc(Nc2cc(Cl)c(O)c(Cl)c2)cc(-c2ccccn2)n1. The Morgan fingerprint density at radius 1 is 1.03 bits per heavy atom. The number of pyridine rings is 1. The van der Waals surface area contributed by atoms with Gasteiger partial charge in [0.05, 0.1) is 34.1 Å². The molecule has 0 aliphatic carbocycles. The number of phenols is 1. The van der Waals surface area contributed by atoms with E-state index in [4.69, 9.17) is 23.2 Å². The number of hydrogen-bond donors (Lipinski definition) is 4. The second-order valence-electron chi connectivity index (χ2n) is 6.77. The van der Waals surface area contributed by atoms with Crippen molar-refractivity contribution in [3.63, 3.8) is 0 Å². The highest BCUT2D eigenvalue weighted by Gasteiger charge is 2.16. The number of halogens is 2. The highest BCUT2D eigenvalue weighted by atomic mass is 35.5. The molecule has 29 heavy (non-hydrogen) atoms. The Bertz CT molecular complexity index is 963. The molecule has 0 aliphatic heterocycles. The van der Waals surface area contributed by atoms with Gasteiger partial charge in [-0.25, -0.2) is 4.98 Å². The third-order valence-electron chi connectivity index (χ3n) is 4.26. The van der Waals surface area contributed by atoms with Gasteiger partial charge in [-0.1, -0.05) is 43.1 Å². The quantitative estimate of drug-likeness (QED) is 0.399. The summed E-state index contributed by atoms with van der Waals surface area (Å²) in [5, 5.41) is 25.9. The minimum atomic E-state index is -0.209. The van der Waals surface area contributed by atoms with Gasteiger partial charge in [-0.05, 0) is 30.2 Å². The first-order chi connectivity index (χ1) is 13.9. The third kappa shape index (κ3) is 5.26. The average molecular weight is 434 g/mol. The molecule has 0 aliphatic rings. The highest BCUT2D eigenvalue weighted by molar-refractivity contribution is 6.37. The minimum absolute atomic E-state index is 0.0548. The number of aromatic hydroxyl groups is 1. The number of aromatic nitrogens is 3. The van der Waals surface area contributed by atoms with E-state index in [2.05, 4.69) is 25.6 Å². The molecule has 0 saturated carbocycles. The second kappa shape index (κ2) is 9.26. The second-order valence-corrected chi connectivity index (χ2v) is 7.58. The highest BCUT2D eigenvalue weighted by Crippen LogP contribution is 2.35. The first-order valence-electron chi connectivity index (χ1n) is 9.00. The predicted molar refractivity (Wildman–Crippen MR) is 116 cm³/mol. The van der Waals surface area contributed by atoms with Crippen LogP contribution in [0.3, 0.4) is 0 Å². The van der Waals surface area contributed by atoms with Gasteiger partial charge in [0.2, 0.25) is 5.95 Å². The molecule has 0 bridgehead atoms. The van der Waals surface area contributed by atoms with Crippen molar-refractivity contribution in [3.8, 4) is 17.1 Å². The van der Waals surface area contributed by atoms with Gasteiger partial charge < -0.3 is 20.8 Å². The number of aliphatic hydroxyl groups excluding tert-OH is 1. The van der Waals surface area contributed by atoms with Crippen LogP contribution in [-0.2, 0) is 0 Å². The molecule has 2 aromatic heterocycles. The maximum Gasteiger partial charge on any atom is 0.225 e. The van der Waals surface area contributed by atoms with Crippen molar-refractivity contribution in [2.75, 3.05) is 17.2 Å². The number of nitrogens with zero attached hydrogens (tertiary/aromatic N) is 3. The van der Waals surface area contributed by atoms with Crippen LogP contribution in [0.5, 0.6) is 5.75 Å². The zero-order valence-electron chi connectivity index (χ0n) is 15.9. The van der Waals surface area contributed by atoms with Gasteiger partial charge in [0.15, 0.2) is 5.75 Å². The molecular formula is C20H21Cl2N5O2. The number of benzene rings is 1. The van der Waals surface area contributed by atoms with E-state index in [9.17, 15) is 10.2 Å². The molecule has 2 heterocycles. The first kappa shape index (κ1) is 21.1. The topological polar surface area (TPSA) is 103 Å². The lowest BCUT2D eigenvalue weighted by molar-refractivity contribution is 0.248. The van der Waals surface area contributed by atoms with Crippen LogP contribution in [-0.4, -0.2) is 37.8 Å². The maximum absolute atomic E-state index is 9.75. The maximum atomic E-state index is 9.75. The molecule has 3 rings (SSSR count). The Hall–Kier alpha value is -2.61. The summed E-state index contributed by atoms with van der Waals surface area (Å²) >= 11 is 12.0. The molecule has 0 saturated heterocycles. The van der Waals surface area contributed by atoms with E-state index in [1.165, 1.54) is 0 Å². The van der Waals surface area contributed by atoms with Gasteiger partial charge in [0.1, 0.15) is 5.82 Å². The van der Waals surface area contributed by atoms with Crippen LogP contribution in [0.4, 0.5) is 17.5 Å². The summed E-state index contributed by atoms with van der Waals surface area (Å²) in [7, 11) is 0. The van der Waals surface area contributed by atoms with E-state index in [0.29, 0.717) is 28.8 Å². The minimum Gasteiger partial charge on any atom is -0.505 e. The molecule has 1 aromatic carbocycles. The predicted octanol–water partition coefficient (Wildman–Crippen LogP) is 4.72. The average Bonchev–Trinajstić information content (AvgIpc) is 2.70. The van der Waals surface area contributed by atoms with Gasteiger partial charge in [-0.15, -0.1) is 0 Å². The summed E-state index contributed by atoms with van der Waals surface area (Å²) in [6.07, 6.45) is 1.68. The summed E-state index contributed by atoms with van der Waals surface area (Å²) in [5.74, 6) is 0.815. The fraction of sp³-hybridized carbons (Fsp3) is 0.250. The van der Waals surface area contributed by atoms with Crippen molar-refractivity contribution in [2.24, 2.45) is 5.92 Å². The summed E-state index contributed by atoms with van der Waals surface area (Å²) < 4.78 is 0. The fourth-order valence-electron chi connectivity index (χ4n) is 2.60. The van der Waals surface area contributed by atoms with E-state index < -0.39 is 0 Å². The van der Waals surface area contributed by atoms with Crippen LogP contribution in [0.25, 0.3) is 11.4 Å². The zero-order valence-corrected chi connectivity index (χ0v) is 17.4. The molecule has 1 atom stereocenters. The van der Waals surface area contributed by atoms with Crippen molar-refractivity contribution >= 4 is 40.7 Å². The van der Waals surface area contributed by atoms with Crippen LogP contribution in [0.15, 0.2) is 42.6 Å². The van der Waals surface area contributed by atoms with Gasteiger partial charge in [0, 0.05) is 18.0 Å². The van der Waals surface area contributed by atoms with E-state index in [0.717, 1.165) is 0 Å². The van der Waals surface area contributed by atoms with Gasteiger partial charge in [-0.3, -0.25) is 4.98 Å². The molecule has 0 amide bonds. The van der Waals surface area contributed by atoms with E-state index in [1.54, 1.807) is 24.4 Å². The summed E-state index contributed by atoms with van der Waals surface area (Å²) in [6, 6.07) is 10.2. The molecule has 9 heteroatoms. The summed E-state index contributed by atoms with van der Waals surface area (Å²) in [6.45, 7) is 3.94. The van der Waals surface area contributed by atoms with Gasteiger partial charge in [-0.2, -0.15) is 4.98 Å². The normalized spacial score (nSPS) is 12.1. The summed E-state index contributed by atoms with van der Waals surface area (Å²) in [4.78, 5) is 13.4. The molecule has 3 aromatic rings. The van der Waals surface area contributed by atoms with E-state index in [1.807, 2.05) is 32.0 Å². The Kier molecular flexibility index (Phi) is 6.74. The van der Waals surface area contributed by atoms with Gasteiger partial charge >= 0.3 is 0 Å². The van der Waals surface area contributed by atoms with E-state index >= 15 is 0 Å². The fourth-order valence-corrected chi connectivity index (χ4v) is 3.08. The van der Waals surface area contributed by atoms with Crippen molar-refractivity contribution in [1.82, 2.24) is 15.0 Å². The number of phenolic OH excluding ortho intramolecular Hbond substituents is 1. The standard InChI is InChI=1S/C20H21Cl2N5O2/c1-11(2)17(10-28)26-20-25-16(15-5-3-4-6-23-15)9-18(27-20)24-12-7-13(21)19(29)14(22)8-12/h3-9,11,17,28-29H,10H2,1-2H3,(H2,24,25,26,27)/t17-/m1/s1.